The number of alkyl halides is 7. The van der Waals surface area contributed by atoms with Crippen LogP contribution in [0.2, 0.25) is 10.0 Å². The van der Waals surface area contributed by atoms with Crippen LogP contribution in [0.25, 0.3) is 0 Å². The third-order valence-corrected chi connectivity index (χ3v) is 4.76. The fourth-order valence-electron chi connectivity index (χ4n) is 2.62. The molecule has 3 rings (SSSR count). The van der Waals surface area contributed by atoms with Gasteiger partial charge in [-0.05, 0) is 42.3 Å². The van der Waals surface area contributed by atoms with E-state index in [1.54, 1.807) is 19.1 Å². The van der Waals surface area contributed by atoms with Crippen LogP contribution >= 0.6 is 23.2 Å². The van der Waals surface area contributed by atoms with Crippen molar-refractivity contribution in [2.75, 3.05) is 0 Å². The summed E-state index contributed by atoms with van der Waals surface area (Å²) in [6.45, 7) is 1.79. The van der Waals surface area contributed by atoms with Gasteiger partial charge < -0.3 is 4.74 Å². The Hall–Kier alpha value is -2.00. The molecule has 0 radical (unpaired) electrons. The lowest BCUT2D eigenvalue weighted by atomic mass is 10.0. The molecule has 156 valence electrons. The molecule has 0 bridgehead atoms. The van der Waals surface area contributed by atoms with Crippen molar-refractivity contribution in [3.05, 3.63) is 51.5 Å². The highest BCUT2D eigenvalue weighted by atomic mass is 35.5. The lowest BCUT2D eigenvalue weighted by Gasteiger charge is -2.28. The molecule has 0 fully saturated rings. The van der Waals surface area contributed by atoms with E-state index in [2.05, 4.69) is 4.99 Å². The highest BCUT2D eigenvalue weighted by molar-refractivity contribution is 6.33. The van der Waals surface area contributed by atoms with Crippen molar-refractivity contribution in [1.29, 1.82) is 0 Å². The highest BCUT2D eigenvalue weighted by Crippen LogP contribution is 2.50. The van der Waals surface area contributed by atoms with Crippen molar-refractivity contribution < 1.29 is 35.5 Å². The standard InChI is InChI=1S/C18H10Cl2F7NO/c1-8-2-3-13(10(19)4-8)29-14-5-9-6-15(28-12(9)7-11(14)20)16(21,22)17(23,24)18(25,26)27/h2-5,7H,6H2,1H3. The van der Waals surface area contributed by atoms with E-state index < -0.39 is 30.2 Å². The molecular weight excluding hydrogens is 450 g/mol. The minimum absolute atomic E-state index is 0.0414. The number of fused-ring (bicyclic) bond motifs is 1. The molecule has 2 aromatic rings. The molecule has 0 saturated carbocycles. The second-order valence-electron chi connectivity index (χ2n) is 6.33. The van der Waals surface area contributed by atoms with Gasteiger partial charge in [-0.3, -0.25) is 4.99 Å². The number of hydrogen-bond donors (Lipinski definition) is 0. The predicted octanol–water partition coefficient (Wildman–Crippen LogP) is 7.56. The average molecular weight is 460 g/mol. The van der Waals surface area contributed by atoms with Crippen molar-refractivity contribution in [2.45, 2.75) is 31.4 Å². The topological polar surface area (TPSA) is 21.6 Å². The number of rotatable bonds is 4. The van der Waals surface area contributed by atoms with Gasteiger partial charge in [0.15, 0.2) is 0 Å². The van der Waals surface area contributed by atoms with Crippen LogP contribution in [-0.4, -0.2) is 23.7 Å². The Morgan fingerprint density at radius 1 is 0.897 bits per heavy atom. The van der Waals surface area contributed by atoms with Gasteiger partial charge in [-0.1, -0.05) is 29.3 Å². The smallest absolute Gasteiger partial charge is 0.454 e. The molecule has 2 nitrogen and oxygen atoms in total. The largest absolute Gasteiger partial charge is 0.460 e. The van der Waals surface area contributed by atoms with Crippen LogP contribution in [0.4, 0.5) is 36.4 Å². The van der Waals surface area contributed by atoms with Crippen LogP contribution in [0.5, 0.6) is 11.5 Å². The third kappa shape index (κ3) is 3.77. The summed E-state index contributed by atoms with van der Waals surface area (Å²) in [6.07, 6.45) is -7.37. The van der Waals surface area contributed by atoms with Crippen LogP contribution in [0.1, 0.15) is 11.1 Å². The molecule has 0 aliphatic carbocycles. The number of ether oxygens (including phenoxy) is 1. The molecular formula is C18H10Cl2F7NO. The van der Waals surface area contributed by atoms with Gasteiger partial charge in [-0.2, -0.15) is 30.7 Å². The summed E-state index contributed by atoms with van der Waals surface area (Å²) in [6, 6.07) is 7.00. The highest BCUT2D eigenvalue weighted by Gasteiger charge is 2.75. The van der Waals surface area contributed by atoms with Crippen molar-refractivity contribution in [3.63, 3.8) is 0 Å². The lowest BCUT2D eigenvalue weighted by Crippen LogP contribution is -2.56. The second-order valence-corrected chi connectivity index (χ2v) is 7.14. The summed E-state index contributed by atoms with van der Waals surface area (Å²) in [7, 11) is 0. The van der Waals surface area contributed by atoms with Gasteiger partial charge >= 0.3 is 18.0 Å². The fourth-order valence-corrected chi connectivity index (χ4v) is 3.09. The van der Waals surface area contributed by atoms with E-state index in [1.807, 2.05) is 0 Å². The summed E-state index contributed by atoms with van der Waals surface area (Å²) in [5, 5.41) is 0.117. The fraction of sp³-hybridized carbons (Fsp3) is 0.278. The molecule has 29 heavy (non-hydrogen) atoms. The second kappa shape index (κ2) is 7.05. The maximum Gasteiger partial charge on any atom is 0.460 e. The summed E-state index contributed by atoms with van der Waals surface area (Å²) >= 11 is 12.1. The van der Waals surface area contributed by atoms with Crippen LogP contribution in [-0.2, 0) is 6.42 Å². The number of hydrogen-bond acceptors (Lipinski definition) is 2. The summed E-state index contributed by atoms with van der Waals surface area (Å²) in [4.78, 5) is 3.26. The van der Waals surface area contributed by atoms with Crippen LogP contribution in [0.3, 0.4) is 0 Å². The molecule has 0 amide bonds. The van der Waals surface area contributed by atoms with Crippen molar-refractivity contribution in [1.82, 2.24) is 0 Å². The zero-order valence-electron chi connectivity index (χ0n) is 14.4. The molecule has 0 aromatic heterocycles. The van der Waals surface area contributed by atoms with E-state index in [0.29, 0.717) is 0 Å². The van der Waals surface area contributed by atoms with E-state index in [4.69, 9.17) is 27.9 Å². The minimum atomic E-state index is -6.44. The van der Waals surface area contributed by atoms with Gasteiger partial charge in [0, 0.05) is 6.42 Å². The number of aryl methyl sites for hydroxylation is 1. The first-order valence-corrected chi connectivity index (χ1v) is 8.66. The summed E-state index contributed by atoms with van der Waals surface area (Å²) in [5.74, 6) is -11.7. The maximum absolute atomic E-state index is 13.9. The molecule has 0 saturated heterocycles. The Morgan fingerprint density at radius 3 is 2.10 bits per heavy atom. The Morgan fingerprint density at radius 2 is 1.52 bits per heavy atom. The average Bonchev–Trinajstić information content (AvgIpc) is 2.99. The number of aliphatic imine (C=N–C) groups is 1. The maximum atomic E-state index is 13.9. The van der Waals surface area contributed by atoms with Crippen LogP contribution in [0.15, 0.2) is 35.3 Å². The van der Waals surface area contributed by atoms with Gasteiger partial charge in [0.05, 0.1) is 21.4 Å². The summed E-state index contributed by atoms with van der Waals surface area (Å²) in [5.41, 5.74) is -1.06. The first-order valence-electron chi connectivity index (χ1n) is 7.91. The molecule has 1 heterocycles. The Labute approximate surface area is 169 Å². The minimum Gasteiger partial charge on any atom is -0.454 e. The zero-order valence-corrected chi connectivity index (χ0v) is 15.9. The number of benzene rings is 2. The molecule has 0 spiro atoms. The van der Waals surface area contributed by atoms with Gasteiger partial charge in [0.2, 0.25) is 0 Å². The van der Waals surface area contributed by atoms with Crippen molar-refractivity contribution >= 4 is 34.6 Å². The molecule has 1 aliphatic heterocycles. The van der Waals surface area contributed by atoms with Gasteiger partial charge in [0.25, 0.3) is 0 Å². The lowest BCUT2D eigenvalue weighted by molar-refractivity contribution is -0.336. The SMILES string of the molecule is Cc1ccc(Oc2cc3c(cc2Cl)N=C(C(F)(F)C(F)(F)C(F)(F)F)C3)c(Cl)c1. The molecule has 2 aromatic carbocycles. The van der Waals surface area contributed by atoms with E-state index in [9.17, 15) is 30.7 Å². The first kappa shape index (κ1) is 21.7. The molecule has 0 unspecified atom stereocenters. The first-order chi connectivity index (χ1) is 13.2. The van der Waals surface area contributed by atoms with Crippen LogP contribution in [0, 0.1) is 6.92 Å². The van der Waals surface area contributed by atoms with Crippen molar-refractivity contribution in [2.24, 2.45) is 4.99 Å². The summed E-state index contributed by atoms with van der Waals surface area (Å²) < 4.78 is 97.2. The van der Waals surface area contributed by atoms with E-state index >= 15 is 0 Å². The number of halogens is 9. The Bertz CT molecular complexity index is 1000. The quantitative estimate of drug-likeness (QED) is 0.432. The van der Waals surface area contributed by atoms with Crippen molar-refractivity contribution in [3.8, 4) is 11.5 Å². The van der Waals surface area contributed by atoms with Gasteiger partial charge in [0.1, 0.15) is 11.5 Å². The van der Waals surface area contributed by atoms with Gasteiger partial charge in [-0.25, -0.2) is 0 Å². The molecule has 1 aliphatic rings. The Kier molecular flexibility index (Phi) is 5.28. The normalized spacial score (nSPS) is 14.6. The predicted molar refractivity (Wildman–Crippen MR) is 94.5 cm³/mol. The third-order valence-electron chi connectivity index (χ3n) is 4.17. The molecule has 11 heteroatoms. The van der Waals surface area contributed by atoms with E-state index in [0.717, 1.165) is 17.7 Å². The van der Waals surface area contributed by atoms with Crippen LogP contribution < -0.4 is 4.74 Å². The molecule has 0 N–H and O–H groups in total. The van der Waals surface area contributed by atoms with E-state index in [-0.39, 0.29) is 32.8 Å². The monoisotopic (exact) mass is 459 g/mol. The van der Waals surface area contributed by atoms with Gasteiger partial charge in [-0.15, -0.1) is 0 Å². The number of nitrogens with zero attached hydrogens (tertiary/aromatic N) is 1. The molecule has 0 atom stereocenters. The van der Waals surface area contributed by atoms with E-state index in [1.165, 1.54) is 6.07 Å². The zero-order chi connectivity index (χ0) is 21.8. The Balaban J connectivity index is 1.91.